The summed E-state index contributed by atoms with van der Waals surface area (Å²) < 4.78 is 12.4. The number of hydrogen-bond donors (Lipinski definition) is 2. The molecule has 0 amide bonds. The van der Waals surface area contributed by atoms with E-state index in [0.717, 1.165) is 26.9 Å². The maximum absolute atomic E-state index is 9.72. The third-order valence-electron chi connectivity index (χ3n) is 5.63. The molecule has 1 aromatic heterocycles. The Balaban J connectivity index is 1.43. The van der Waals surface area contributed by atoms with Crippen LogP contribution in [-0.4, -0.2) is 10.2 Å². The molecule has 4 aromatic rings. The summed E-state index contributed by atoms with van der Waals surface area (Å²) in [7, 11) is 0. The molecule has 158 valence electrons. The van der Waals surface area contributed by atoms with Gasteiger partial charge in [0.1, 0.15) is 24.0 Å². The van der Waals surface area contributed by atoms with Crippen LogP contribution in [0, 0.1) is 18.3 Å². The molecule has 0 radical (unpaired) electrons. The van der Waals surface area contributed by atoms with Crippen LogP contribution >= 0.6 is 15.9 Å². The second kappa shape index (κ2) is 8.06. The lowest BCUT2D eigenvalue weighted by atomic mass is 9.84. The number of H-pyrrole nitrogens is 1. The van der Waals surface area contributed by atoms with Gasteiger partial charge in [-0.25, -0.2) is 0 Å². The quantitative estimate of drug-likeness (QED) is 0.400. The van der Waals surface area contributed by atoms with Gasteiger partial charge in [-0.15, -0.1) is 5.10 Å². The average molecular weight is 487 g/mol. The number of halogens is 1. The molecule has 0 saturated heterocycles. The highest BCUT2D eigenvalue weighted by Gasteiger charge is 2.34. The van der Waals surface area contributed by atoms with Gasteiger partial charge in [-0.2, -0.15) is 5.26 Å². The second-order valence-corrected chi connectivity index (χ2v) is 8.51. The van der Waals surface area contributed by atoms with Crippen molar-refractivity contribution in [1.82, 2.24) is 10.2 Å². The number of aryl methyl sites for hydroxylation is 1. The maximum Gasteiger partial charge on any atom is 0.244 e. The van der Waals surface area contributed by atoms with Crippen molar-refractivity contribution in [1.29, 1.82) is 5.26 Å². The highest BCUT2D eigenvalue weighted by molar-refractivity contribution is 9.10. The molecule has 1 aliphatic rings. The molecule has 3 aromatic carbocycles. The Morgan fingerprint density at radius 3 is 2.75 bits per heavy atom. The van der Waals surface area contributed by atoms with E-state index in [4.69, 9.17) is 15.2 Å². The number of aromatic amines is 1. The van der Waals surface area contributed by atoms with Crippen molar-refractivity contribution in [2.24, 2.45) is 5.73 Å². The highest BCUT2D eigenvalue weighted by Crippen LogP contribution is 2.44. The van der Waals surface area contributed by atoms with E-state index in [0.29, 0.717) is 23.8 Å². The van der Waals surface area contributed by atoms with Crippen molar-refractivity contribution < 1.29 is 9.47 Å². The summed E-state index contributed by atoms with van der Waals surface area (Å²) in [4.78, 5) is 0. The molecule has 0 spiro atoms. The van der Waals surface area contributed by atoms with Crippen LogP contribution in [0.5, 0.6) is 11.6 Å². The first-order valence-electron chi connectivity index (χ1n) is 10.1. The molecule has 0 fully saturated rings. The van der Waals surface area contributed by atoms with Gasteiger partial charge in [-0.05, 0) is 63.0 Å². The van der Waals surface area contributed by atoms with E-state index in [-0.39, 0.29) is 11.8 Å². The van der Waals surface area contributed by atoms with Crippen molar-refractivity contribution >= 4 is 26.7 Å². The van der Waals surface area contributed by atoms with Crippen LogP contribution in [0.15, 0.2) is 76.6 Å². The lowest BCUT2D eigenvalue weighted by Crippen LogP contribution is -2.21. The first-order valence-corrected chi connectivity index (χ1v) is 10.9. The topological polar surface area (TPSA) is 97.0 Å². The van der Waals surface area contributed by atoms with Gasteiger partial charge in [0.15, 0.2) is 0 Å². The number of benzene rings is 3. The van der Waals surface area contributed by atoms with Crippen molar-refractivity contribution in [3.05, 3.63) is 99.0 Å². The number of nitrogens with zero attached hydrogens (tertiary/aromatic N) is 2. The molecule has 3 N–H and O–H groups in total. The Labute approximate surface area is 193 Å². The first-order chi connectivity index (χ1) is 15.5. The Kier molecular flexibility index (Phi) is 5.08. The van der Waals surface area contributed by atoms with Crippen molar-refractivity contribution in [3.8, 4) is 17.7 Å². The SMILES string of the molecule is Cc1[nH]nc2c1[C@@H](c1ccc(OCc3ccc4ccccc4c3)c(Br)c1)C(C#N)=C(N)O2. The van der Waals surface area contributed by atoms with E-state index in [1.54, 1.807) is 0 Å². The molecule has 0 saturated carbocycles. The minimum atomic E-state index is -0.367. The number of nitrogens with one attached hydrogen (secondary N) is 1. The van der Waals surface area contributed by atoms with Crippen LogP contribution in [0.1, 0.15) is 28.3 Å². The number of aromatic nitrogens is 2. The number of ether oxygens (including phenoxy) is 2. The summed E-state index contributed by atoms with van der Waals surface area (Å²) in [5.41, 5.74) is 9.99. The Morgan fingerprint density at radius 2 is 1.97 bits per heavy atom. The smallest absolute Gasteiger partial charge is 0.244 e. The number of nitriles is 1. The van der Waals surface area contributed by atoms with Gasteiger partial charge in [-0.3, -0.25) is 5.10 Å². The third kappa shape index (κ3) is 3.49. The van der Waals surface area contributed by atoms with Crippen LogP contribution in [-0.2, 0) is 6.61 Å². The zero-order valence-electron chi connectivity index (χ0n) is 17.2. The summed E-state index contributed by atoms with van der Waals surface area (Å²) in [5.74, 6) is 0.822. The molecule has 2 heterocycles. The standard InChI is InChI=1S/C25H19BrN4O2/c1-14-22-23(19(12-27)24(28)32-25(22)30-29-14)18-8-9-21(20(26)11-18)31-13-15-6-7-16-4-2-3-5-17(16)10-15/h2-11,23H,13,28H2,1H3,(H,29,30)/t23-/m0/s1. The van der Waals surface area contributed by atoms with Crippen LogP contribution in [0.2, 0.25) is 0 Å². The summed E-state index contributed by atoms with van der Waals surface area (Å²) in [5, 5.41) is 19.2. The molecule has 6 nitrogen and oxygen atoms in total. The lowest BCUT2D eigenvalue weighted by molar-refractivity contribution is 0.304. The predicted molar refractivity (Wildman–Crippen MR) is 125 cm³/mol. The van der Waals surface area contributed by atoms with E-state index in [1.807, 2.05) is 37.3 Å². The fraction of sp³-hybridized carbons (Fsp3) is 0.120. The summed E-state index contributed by atoms with van der Waals surface area (Å²) >= 11 is 3.62. The minimum absolute atomic E-state index is 0.0734. The average Bonchev–Trinajstić information content (AvgIpc) is 3.17. The van der Waals surface area contributed by atoms with Crippen LogP contribution in [0.25, 0.3) is 10.8 Å². The van der Waals surface area contributed by atoms with Crippen LogP contribution in [0.3, 0.4) is 0 Å². The molecular weight excluding hydrogens is 468 g/mol. The van der Waals surface area contributed by atoms with Gasteiger partial charge in [-0.1, -0.05) is 42.5 Å². The van der Waals surface area contributed by atoms with Crippen molar-refractivity contribution in [2.75, 3.05) is 0 Å². The maximum atomic E-state index is 9.72. The van der Waals surface area contributed by atoms with E-state index >= 15 is 0 Å². The zero-order valence-corrected chi connectivity index (χ0v) is 18.8. The summed E-state index contributed by atoms with van der Waals surface area (Å²) in [6.07, 6.45) is 0. The fourth-order valence-electron chi connectivity index (χ4n) is 4.04. The van der Waals surface area contributed by atoms with Gasteiger partial charge in [0.25, 0.3) is 0 Å². The molecular formula is C25H19BrN4O2. The molecule has 5 rings (SSSR count). The van der Waals surface area contributed by atoms with Crippen molar-refractivity contribution in [3.63, 3.8) is 0 Å². The van der Waals surface area contributed by atoms with Gasteiger partial charge >= 0.3 is 0 Å². The zero-order chi connectivity index (χ0) is 22.2. The summed E-state index contributed by atoms with van der Waals surface area (Å²) in [6, 6.07) is 22.5. The van der Waals surface area contributed by atoms with Gasteiger partial charge < -0.3 is 15.2 Å². The molecule has 0 bridgehead atoms. The second-order valence-electron chi connectivity index (χ2n) is 7.65. The molecule has 32 heavy (non-hydrogen) atoms. The number of fused-ring (bicyclic) bond motifs is 2. The Hall–Kier alpha value is -3.76. The lowest BCUT2D eigenvalue weighted by Gasteiger charge is -2.24. The molecule has 1 aliphatic heterocycles. The molecule has 1 atom stereocenters. The molecule has 7 heteroatoms. The highest BCUT2D eigenvalue weighted by atomic mass is 79.9. The van der Waals surface area contributed by atoms with E-state index in [9.17, 15) is 5.26 Å². The first kappa shape index (κ1) is 20.2. The normalized spacial score (nSPS) is 15.2. The fourth-order valence-corrected chi connectivity index (χ4v) is 4.55. The molecule has 0 unspecified atom stereocenters. The van der Waals surface area contributed by atoms with Crippen LogP contribution < -0.4 is 15.2 Å². The van der Waals surface area contributed by atoms with Gasteiger partial charge in [0.05, 0.1) is 10.4 Å². The summed E-state index contributed by atoms with van der Waals surface area (Å²) in [6.45, 7) is 2.34. The number of rotatable bonds is 4. The largest absolute Gasteiger partial charge is 0.488 e. The van der Waals surface area contributed by atoms with E-state index < -0.39 is 0 Å². The molecule has 0 aliphatic carbocycles. The number of nitrogens with two attached hydrogens (primary N) is 1. The van der Waals surface area contributed by atoms with E-state index in [2.05, 4.69) is 62.5 Å². The predicted octanol–water partition coefficient (Wildman–Crippen LogP) is 5.43. The van der Waals surface area contributed by atoms with Crippen LogP contribution in [0.4, 0.5) is 0 Å². The van der Waals surface area contributed by atoms with E-state index in [1.165, 1.54) is 10.8 Å². The number of hydrogen-bond acceptors (Lipinski definition) is 5. The third-order valence-corrected chi connectivity index (χ3v) is 6.25. The Bertz CT molecular complexity index is 1420. The van der Waals surface area contributed by atoms with Gasteiger partial charge in [0.2, 0.25) is 11.8 Å². The Morgan fingerprint density at radius 1 is 1.16 bits per heavy atom. The minimum Gasteiger partial charge on any atom is -0.488 e. The van der Waals surface area contributed by atoms with Crippen molar-refractivity contribution in [2.45, 2.75) is 19.4 Å². The monoisotopic (exact) mass is 486 g/mol. The number of allylic oxidation sites excluding steroid dienone is 1. The van der Waals surface area contributed by atoms with Gasteiger partial charge in [0, 0.05) is 11.3 Å².